The molecule has 5 unspecified atom stereocenters. The number of pyridine rings is 1. The molecule has 1 aromatic rings. The van der Waals surface area contributed by atoms with Crippen molar-refractivity contribution < 1.29 is 4.74 Å². The fourth-order valence-electron chi connectivity index (χ4n) is 3.51. The standard InChI is InChI=1S/C18H30N2O/c1-6-9-19-17(10-16-8-7-12(2)11-20-16)18-13(3)14(4)21-15(18)5/h7-8,11,13-15,17-19H,6,9-10H2,1-5H3. The number of nitrogens with zero attached hydrogens (tertiary/aromatic N) is 1. The van der Waals surface area contributed by atoms with E-state index in [1.54, 1.807) is 0 Å². The van der Waals surface area contributed by atoms with Crippen LogP contribution < -0.4 is 5.32 Å². The SMILES string of the molecule is CCCNC(Cc1ccc(C)cn1)C1C(C)OC(C)C1C. The van der Waals surface area contributed by atoms with Crippen LogP contribution in [0.1, 0.15) is 45.4 Å². The van der Waals surface area contributed by atoms with E-state index in [4.69, 9.17) is 4.74 Å². The maximum Gasteiger partial charge on any atom is 0.0597 e. The van der Waals surface area contributed by atoms with Gasteiger partial charge >= 0.3 is 0 Å². The second-order valence-electron chi connectivity index (χ2n) is 6.57. The van der Waals surface area contributed by atoms with Crippen LogP contribution in [0.2, 0.25) is 0 Å². The molecule has 2 heterocycles. The molecule has 0 amide bonds. The minimum Gasteiger partial charge on any atom is -0.375 e. The van der Waals surface area contributed by atoms with Crippen LogP contribution in [-0.4, -0.2) is 29.8 Å². The van der Waals surface area contributed by atoms with Gasteiger partial charge in [0, 0.05) is 30.3 Å². The monoisotopic (exact) mass is 290 g/mol. The smallest absolute Gasteiger partial charge is 0.0597 e. The van der Waals surface area contributed by atoms with Gasteiger partial charge in [-0.3, -0.25) is 4.98 Å². The normalized spacial score (nSPS) is 30.5. The first-order chi connectivity index (χ1) is 10.0. The van der Waals surface area contributed by atoms with Gasteiger partial charge in [-0.2, -0.15) is 0 Å². The van der Waals surface area contributed by atoms with E-state index in [-0.39, 0.29) is 0 Å². The Balaban J connectivity index is 2.12. The van der Waals surface area contributed by atoms with Crippen molar-refractivity contribution in [2.75, 3.05) is 6.54 Å². The summed E-state index contributed by atoms with van der Waals surface area (Å²) in [6.45, 7) is 12.1. The molecule has 0 aromatic carbocycles. The minimum absolute atomic E-state index is 0.315. The molecule has 0 bridgehead atoms. The third kappa shape index (κ3) is 4.04. The summed E-state index contributed by atoms with van der Waals surface area (Å²) in [5.41, 5.74) is 2.39. The molecule has 1 saturated heterocycles. The zero-order valence-corrected chi connectivity index (χ0v) is 14.1. The highest BCUT2D eigenvalue weighted by Crippen LogP contribution is 2.35. The molecule has 118 valence electrons. The van der Waals surface area contributed by atoms with Gasteiger partial charge in [-0.1, -0.05) is 19.9 Å². The van der Waals surface area contributed by atoms with Crippen LogP contribution in [0.15, 0.2) is 18.3 Å². The van der Waals surface area contributed by atoms with Crippen molar-refractivity contribution in [3.63, 3.8) is 0 Å². The van der Waals surface area contributed by atoms with Gasteiger partial charge in [-0.15, -0.1) is 0 Å². The van der Waals surface area contributed by atoms with Crippen molar-refractivity contribution in [1.82, 2.24) is 10.3 Å². The number of ether oxygens (including phenoxy) is 1. The zero-order chi connectivity index (χ0) is 15.4. The van der Waals surface area contributed by atoms with Gasteiger partial charge in [-0.25, -0.2) is 0 Å². The highest BCUT2D eigenvalue weighted by Gasteiger charge is 2.41. The molecular weight excluding hydrogens is 260 g/mol. The lowest BCUT2D eigenvalue weighted by atomic mass is 9.81. The van der Waals surface area contributed by atoms with Crippen molar-refractivity contribution in [2.24, 2.45) is 11.8 Å². The average Bonchev–Trinajstić information content (AvgIpc) is 2.71. The number of aromatic nitrogens is 1. The molecule has 3 heteroatoms. The molecule has 1 aromatic heterocycles. The second kappa shape index (κ2) is 7.37. The summed E-state index contributed by atoms with van der Waals surface area (Å²) in [5, 5.41) is 3.74. The van der Waals surface area contributed by atoms with E-state index < -0.39 is 0 Å². The van der Waals surface area contributed by atoms with E-state index in [0.29, 0.717) is 30.1 Å². The molecular formula is C18H30N2O. The van der Waals surface area contributed by atoms with E-state index in [1.807, 2.05) is 6.20 Å². The third-order valence-corrected chi connectivity index (χ3v) is 4.84. The lowest BCUT2D eigenvalue weighted by Crippen LogP contribution is -2.43. The summed E-state index contributed by atoms with van der Waals surface area (Å²) in [6, 6.07) is 4.75. The Morgan fingerprint density at radius 1 is 1.24 bits per heavy atom. The van der Waals surface area contributed by atoms with Crippen molar-refractivity contribution in [3.8, 4) is 0 Å². The predicted octanol–water partition coefficient (Wildman–Crippen LogP) is 3.36. The maximum absolute atomic E-state index is 6.04. The minimum atomic E-state index is 0.315. The van der Waals surface area contributed by atoms with Crippen LogP contribution in [-0.2, 0) is 11.2 Å². The number of hydrogen-bond donors (Lipinski definition) is 1. The molecule has 3 nitrogen and oxygen atoms in total. The van der Waals surface area contributed by atoms with Crippen LogP contribution in [0, 0.1) is 18.8 Å². The Kier molecular flexibility index (Phi) is 5.77. The van der Waals surface area contributed by atoms with Gasteiger partial charge in [0.2, 0.25) is 0 Å². The number of rotatable bonds is 6. The summed E-state index contributed by atoms with van der Waals surface area (Å²) in [4.78, 5) is 4.59. The first-order valence-electron chi connectivity index (χ1n) is 8.33. The van der Waals surface area contributed by atoms with Crippen LogP contribution >= 0.6 is 0 Å². The predicted molar refractivity (Wildman–Crippen MR) is 87.4 cm³/mol. The third-order valence-electron chi connectivity index (χ3n) is 4.84. The van der Waals surface area contributed by atoms with Gasteiger partial charge in [0.15, 0.2) is 0 Å². The Hall–Kier alpha value is -0.930. The van der Waals surface area contributed by atoms with Gasteiger partial charge in [0.25, 0.3) is 0 Å². The summed E-state index contributed by atoms with van der Waals surface area (Å²) >= 11 is 0. The van der Waals surface area contributed by atoms with Crippen LogP contribution in [0.4, 0.5) is 0 Å². The first kappa shape index (κ1) is 16.4. The molecule has 0 aliphatic carbocycles. The summed E-state index contributed by atoms with van der Waals surface area (Å²) in [5.74, 6) is 1.13. The Labute approximate surface area is 129 Å². The maximum atomic E-state index is 6.04. The van der Waals surface area contributed by atoms with E-state index in [1.165, 1.54) is 11.3 Å². The molecule has 2 rings (SSSR count). The Morgan fingerprint density at radius 2 is 2.00 bits per heavy atom. The highest BCUT2D eigenvalue weighted by atomic mass is 16.5. The number of hydrogen-bond acceptors (Lipinski definition) is 3. The van der Waals surface area contributed by atoms with E-state index >= 15 is 0 Å². The van der Waals surface area contributed by atoms with E-state index in [2.05, 4.69) is 57.1 Å². The zero-order valence-electron chi connectivity index (χ0n) is 14.1. The molecule has 1 aliphatic rings. The van der Waals surface area contributed by atoms with Crippen LogP contribution in [0.3, 0.4) is 0 Å². The van der Waals surface area contributed by atoms with Crippen molar-refractivity contribution in [2.45, 2.75) is 65.7 Å². The van der Waals surface area contributed by atoms with E-state index in [0.717, 1.165) is 19.4 Å². The second-order valence-corrected chi connectivity index (χ2v) is 6.57. The molecule has 0 radical (unpaired) electrons. The molecule has 0 spiro atoms. The molecule has 1 aliphatic heterocycles. The van der Waals surface area contributed by atoms with Gasteiger partial charge in [0.05, 0.1) is 12.2 Å². The molecule has 1 fully saturated rings. The number of nitrogens with one attached hydrogen (secondary N) is 1. The van der Waals surface area contributed by atoms with Crippen LogP contribution in [0.5, 0.6) is 0 Å². The Bertz CT molecular complexity index is 431. The quantitative estimate of drug-likeness (QED) is 0.872. The van der Waals surface area contributed by atoms with Gasteiger partial charge in [-0.05, 0) is 51.3 Å². The average molecular weight is 290 g/mol. The van der Waals surface area contributed by atoms with Crippen LogP contribution in [0.25, 0.3) is 0 Å². The number of aryl methyl sites for hydroxylation is 1. The molecule has 0 saturated carbocycles. The topological polar surface area (TPSA) is 34.2 Å². The fraction of sp³-hybridized carbons (Fsp3) is 0.722. The van der Waals surface area contributed by atoms with Gasteiger partial charge < -0.3 is 10.1 Å². The lowest BCUT2D eigenvalue weighted by molar-refractivity contribution is 0.0475. The van der Waals surface area contributed by atoms with Gasteiger partial charge in [0.1, 0.15) is 0 Å². The van der Waals surface area contributed by atoms with Crippen molar-refractivity contribution in [3.05, 3.63) is 29.6 Å². The summed E-state index contributed by atoms with van der Waals surface area (Å²) in [6.07, 6.45) is 4.77. The Morgan fingerprint density at radius 3 is 2.52 bits per heavy atom. The van der Waals surface area contributed by atoms with E-state index in [9.17, 15) is 0 Å². The molecule has 1 N–H and O–H groups in total. The molecule has 5 atom stereocenters. The fourth-order valence-corrected chi connectivity index (χ4v) is 3.51. The van der Waals surface area contributed by atoms with Crippen molar-refractivity contribution in [1.29, 1.82) is 0 Å². The van der Waals surface area contributed by atoms with Crippen molar-refractivity contribution >= 4 is 0 Å². The summed E-state index contributed by atoms with van der Waals surface area (Å²) in [7, 11) is 0. The summed E-state index contributed by atoms with van der Waals surface area (Å²) < 4.78 is 6.04. The first-order valence-corrected chi connectivity index (χ1v) is 8.33. The lowest BCUT2D eigenvalue weighted by Gasteiger charge is -2.30. The largest absolute Gasteiger partial charge is 0.375 e. The highest BCUT2D eigenvalue weighted by molar-refractivity contribution is 5.13. The molecule has 21 heavy (non-hydrogen) atoms.